The molecule has 4 N–H and O–H groups in total. The highest BCUT2D eigenvalue weighted by Crippen LogP contribution is 2.47. The van der Waals surface area contributed by atoms with Gasteiger partial charge in [-0.2, -0.15) is 0 Å². The SMILES string of the molecule is CC(C)(N)CC(=O)N[C@H](Cc1c[nH]c2ccccc12)C(=O)N1CCC2(CC1)CN(S(C)(=O)=O)c1ccccc12.Cl. The van der Waals surface area contributed by atoms with E-state index < -0.39 is 21.6 Å². The number of carbonyl (C=O) groups is 2. The van der Waals surface area contributed by atoms with Crippen molar-refractivity contribution in [3.8, 4) is 0 Å². The summed E-state index contributed by atoms with van der Waals surface area (Å²) in [5, 5.41) is 3.98. The minimum absolute atomic E-state index is 0. The lowest BCUT2D eigenvalue weighted by Gasteiger charge is -2.41. The largest absolute Gasteiger partial charge is 0.361 e. The zero-order valence-electron chi connectivity index (χ0n) is 23.1. The van der Waals surface area contributed by atoms with E-state index in [0.29, 0.717) is 38.9 Å². The van der Waals surface area contributed by atoms with Crippen molar-refractivity contribution >= 4 is 50.8 Å². The molecule has 3 aromatic rings. The van der Waals surface area contributed by atoms with Crippen molar-refractivity contribution in [2.24, 2.45) is 5.73 Å². The average molecular weight is 588 g/mol. The first-order chi connectivity index (χ1) is 18.4. The molecule has 40 heavy (non-hydrogen) atoms. The third-order valence-electron chi connectivity index (χ3n) is 7.97. The van der Waals surface area contributed by atoms with Gasteiger partial charge < -0.3 is 20.9 Å². The number of aromatic nitrogens is 1. The van der Waals surface area contributed by atoms with Crippen LogP contribution in [0.4, 0.5) is 5.69 Å². The topological polar surface area (TPSA) is 129 Å². The minimum atomic E-state index is -3.42. The fourth-order valence-corrected chi connectivity index (χ4v) is 7.06. The van der Waals surface area contributed by atoms with Crippen LogP contribution in [0, 0.1) is 0 Å². The molecule has 0 saturated carbocycles. The quantitative estimate of drug-likeness (QED) is 0.391. The van der Waals surface area contributed by atoms with Gasteiger partial charge in [-0.25, -0.2) is 8.42 Å². The molecular formula is C29H38ClN5O4S. The highest BCUT2D eigenvalue weighted by molar-refractivity contribution is 7.92. The number of benzene rings is 2. The summed E-state index contributed by atoms with van der Waals surface area (Å²) in [7, 11) is -3.42. The predicted molar refractivity (Wildman–Crippen MR) is 160 cm³/mol. The Kier molecular flexibility index (Phi) is 8.27. The van der Waals surface area contributed by atoms with Gasteiger partial charge in [0.2, 0.25) is 21.8 Å². The molecule has 2 aliphatic rings. The molecule has 2 aromatic carbocycles. The number of rotatable bonds is 7. The summed E-state index contributed by atoms with van der Waals surface area (Å²) in [4.78, 5) is 31.8. The first-order valence-corrected chi connectivity index (χ1v) is 15.2. The summed E-state index contributed by atoms with van der Waals surface area (Å²) in [6.07, 6.45) is 4.88. The lowest BCUT2D eigenvalue weighted by molar-refractivity contribution is -0.138. The van der Waals surface area contributed by atoms with Gasteiger partial charge in [0.1, 0.15) is 6.04 Å². The molecule has 9 nitrogen and oxygen atoms in total. The molecule has 5 rings (SSSR count). The Bertz CT molecular complexity index is 1510. The normalized spacial score (nSPS) is 17.4. The maximum Gasteiger partial charge on any atom is 0.245 e. The molecule has 1 aromatic heterocycles. The van der Waals surface area contributed by atoms with Gasteiger partial charge in [0, 0.05) is 60.5 Å². The number of halogens is 1. The fourth-order valence-electron chi connectivity index (χ4n) is 6.06. The van der Waals surface area contributed by atoms with Gasteiger partial charge in [-0.05, 0) is 49.9 Å². The molecule has 3 heterocycles. The smallest absolute Gasteiger partial charge is 0.245 e. The zero-order valence-corrected chi connectivity index (χ0v) is 24.8. The second kappa shape index (κ2) is 11.1. The van der Waals surface area contributed by atoms with E-state index in [1.807, 2.05) is 59.6 Å². The van der Waals surface area contributed by atoms with Gasteiger partial charge in [0.25, 0.3) is 0 Å². The fraction of sp³-hybridized carbons (Fsp3) is 0.448. The van der Waals surface area contributed by atoms with Gasteiger partial charge in [0.05, 0.1) is 11.9 Å². The number of sulfonamides is 1. The molecule has 1 saturated heterocycles. The monoisotopic (exact) mass is 587 g/mol. The molecule has 2 aliphatic heterocycles. The second-order valence-electron chi connectivity index (χ2n) is 11.7. The van der Waals surface area contributed by atoms with Crippen LogP contribution < -0.4 is 15.4 Å². The number of nitrogens with zero attached hydrogens (tertiary/aromatic N) is 2. The maximum atomic E-state index is 13.9. The number of H-pyrrole nitrogens is 1. The second-order valence-corrected chi connectivity index (χ2v) is 13.6. The van der Waals surface area contributed by atoms with Crippen LogP contribution in [-0.2, 0) is 31.4 Å². The van der Waals surface area contributed by atoms with E-state index in [1.54, 1.807) is 13.8 Å². The van der Waals surface area contributed by atoms with Crippen LogP contribution in [0.15, 0.2) is 54.7 Å². The van der Waals surface area contributed by atoms with Crippen molar-refractivity contribution < 1.29 is 18.0 Å². The van der Waals surface area contributed by atoms with Crippen LogP contribution in [0.1, 0.15) is 44.2 Å². The predicted octanol–water partition coefficient (Wildman–Crippen LogP) is 3.08. The number of hydrogen-bond donors (Lipinski definition) is 3. The lowest BCUT2D eigenvalue weighted by atomic mass is 9.74. The number of nitrogens with two attached hydrogens (primary N) is 1. The first-order valence-electron chi connectivity index (χ1n) is 13.4. The highest BCUT2D eigenvalue weighted by Gasteiger charge is 2.47. The van der Waals surface area contributed by atoms with Crippen LogP contribution in [0.3, 0.4) is 0 Å². The highest BCUT2D eigenvalue weighted by atomic mass is 35.5. The Labute approximate surface area is 241 Å². The zero-order chi connectivity index (χ0) is 28.0. The average Bonchev–Trinajstić information content (AvgIpc) is 3.42. The number of piperidine rings is 1. The van der Waals surface area contributed by atoms with Gasteiger partial charge in [-0.3, -0.25) is 13.9 Å². The molecule has 0 unspecified atom stereocenters. The Hall–Kier alpha value is -3.08. The Morgan fingerprint density at radius 3 is 2.42 bits per heavy atom. The van der Waals surface area contributed by atoms with E-state index >= 15 is 0 Å². The van der Waals surface area contributed by atoms with E-state index in [9.17, 15) is 18.0 Å². The summed E-state index contributed by atoms with van der Waals surface area (Å²) in [5.74, 6) is -0.396. The van der Waals surface area contributed by atoms with Crippen molar-refractivity contribution in [2.45, 2.75) is 56.5 Å². The van der Waals surface area contributed by atoms with Crippen LogP contribution in [0.25, 0.3) is 10.9 Å². The molecule has 2 amide bonds. The molecule has 1 atom stereocenters. The van der Waals surface area contributed by atoms with E-state index in [4.69, 9.17) is 5.73 Å². The number of nitrogens with one attached hydrogen (secondary N) is 2. The van der Waals surface area contributed by atoms with E-state index in [1.165, 1.54) is 10.6 Å². The van der Waals surface area contributed by atoms with E-state index in [2.05, 4.69) is 10.3 Å². The number of anilines is 1. The summed E-state index contributed by atoms with van der Waals surface area (Å²) < 4.78 is 26.6. The Morgan fingerprint density at radius 1 is 1.10 bits per heavy atom. The summed E-state index contributed by atoms with van der Waals surface area (Å²) in [6, 6.07) is 14.8. The van der Waals surface area contributed by atoms with Crippen molar-refractivity contribution in [1.29, 1.82) is 0 Å². The van der Waals surface area contributed by atoms with Gasteiger partial charge >= 0.3 is 0 Å². The van der Waals surface area contributed by atoms with Crippen LogP contribution >= 0.6 is 12.4 Å². The molecule has 0 aliphatic carbocycles. The maximum absolute atomic E-state index is 13.9. The number of aromatic amines is 1. The van der Waals surface area contributed by atoms with Crippen molar-refractivity contribution in [1.82, 2.24) is 15.2 Å². The van der Waals surface area contributed by atoms with Crippen LogP contribution in [0.2, 0.25) is 0 Å². The number of carbonyl (C=O) groups excluding carboxylic acids is 2. The van der Waals surface area contributed by atoms with Crippen molar-refractivity contribution in [3.63, 3.8) is 0 Å². The summed E-state index contributed by atoms with van der Waals surface area (Å²) in [5.41, 5.74) is 8.73. The van der Waals surface area contributed by atoms with Gasteiger partial charge in [-0.1, -0.05) is 36.4 Å². The number of fused-ring (bicyclic) bond motifs is 3. The third kappa shape index (κ3) is 5.99. The molecule has 0 bridgehead atoms. The minimum Gasteiger partial charge on any atom is -0.361 e. The number of hydrogen-bond acceptors (Lipinski definition) is 5. The molecule has 1 spiro atoms. The molecular weight excluding hydrogens is 550 g/mol. The van der Waals surface area contributed by atoms with Crippen LogP contribution in [-0.4, -0.2) is 67.6 Å². The summed E-state index contributed by atoms with van der Waals surface area (Å²) >= 11 is 0. The molecule has 0 radical (unpaired) electrons. The Balaban J connectivity index is 0.00000370. The molecule has 216 valence electrons. The van der Waals surface area contributed by atoms with Gasteiger partial charge in [0.15, 0.2) is 0 Å². The number of amides is 2. The van der Waals surface area contributed by atoms with Crippen LogP contribution in [0.5, 0.6) is 0 Å². The van der Waals surface area contributed by atoms with E-state index in [0.717, 1.165) is 27.7 Å². The number of para-hydroxylation sites is 2. The van der Waals surface area contributed by atoms with Crippen molar-refractivity contribution in [3.05, 3.63) is 65.9 Å². The summed E-state index contributed by atoms with van der Waals surface area (Å²) in [6.45, 7) is 4.91. The Morgan fingerprint density at radius 2 is 1.75 bits per heavy atom. The third-order valence-corrected chi connectivity index (χ3v) is 9.10. The molecule has 1 fully saturated rings. The van der Waals surface area contributed by atoms with Gasteiger partial charge in [-0.15, -0.1) is 12.4 Å². The number of likely N-dealkylation sites (tertiary alicyclic amines) is 1. The first kappa shape index (κ1) is 29.9. The standard InChI is InChI=1S/C29H37N5O4S.ClH/c1-28(2,30)17-26(35)32-24(16-20-18-31-23-10-6-4-8-21(20)23)27(36)33-14-12-29(13-15-33)19-34(39(3,37)38)25-11-7-5-9-22(25)29;/h4-11,18,24,31H,12-17,19,30H2,1-3H3,(H,32,35);1H/t24-;/m1./s1. The van der Waals surface area contributed by atoms with Crippen molar-refractivity contribution in [2.75, 3.05) is 30.2 Å². The molecule has 11 heteroatoms. The lowest BCUT2D eigenvalue weighted by Crippen LogP contribution is -2.55. The van der Waals surface area contributed by atoms with E-state index in [-0.39, 0.29) is 36.1 Å².